The molecule has 1 aliphatic rings. The van der Waals surface area contributed by atoms with Gasteiger partial charge in [-0.15, -0.1) is 0 Å². The highest BCUT2D eigenvalue weighted by Crippen LogP contribution is 2.36. The molecule has 1 amide bonds. The van der Waals surface area contributed by atoms with Crippen molar-refractivity contribution in [3.05, 3.63) is 60.2 Å². The van der Waals surface area contributed by atoms with Crippen LogP contribution in [0.4, 0.5) is 0 Å². The van der Waals surface area contributed by atoms with Crippen molar-refractivity contribution < 1.29 is 40.1 Å². The standard InChI is InChI=1S/C29H46N2O8/c1-2-30-28(34)14-9-4-3-8-13-24-25(27(33)21-26(24)32)19-18-23(17-16-22-11-6-5-7-12-22)39-29(35)15-10-20-38-31(36)37/h3,5-8,11-12,18-19,23-27,29,32-33,35-37H,2,4,9-10,13-17,20-21H2,1H3,(H,30,34)/b8-3-,19-18+/t23-,24+,25+,26-,27+,29?/m0/s1. The van der Waals surface area contributed by atoms with E-state index in [0.717, 1.165) is 24.8 Å². The van der Waals surface area contributed by atoms with Crippen LogP contribution < -0.4 is 5.32 Å². The Morgan fingerprint density at radius 1 is 1.13 bits per heavy atom. The molecule has 0 radical (unpaired) electrons. The fourth-order valence-corrected chi connectivity index (χ4v) is 4.83. The molecular weight excluding hydrogens is 504 g/mol. The third kappa shape index (κ3) is 13.7. The number of carbonyl (C=O) groups excluding carboxylic acids is 1. The van der Waals surface area contributed by atoms with Crippen LogP contribution in [-0.2, 0) is 20.8 Å². The van der Waals surface area contributed by atoms with E-state index in [9.17, 15) is 20.1 Å². The van der Waals surface area contributed by atoms with Crippen LogP contribution in [-0.4, -0.2) is 74.8 Å². The van der Waals surface area contributed by atoms with Gasteiger partial charge in [0.15, 0.2) is 6.29 Å². The lowest BCUT2D eigenvalue weighted by atomic mass is 9.89. The molecule has 10 heteroatoms. The van der Waals surface area contributed by atoms with Gasteiger partial charge in [0.2, 0.25) is 5.91 Å². The van der Waals surface area contributed by atoms with Gasteiger partial charge in [-0.3, -0.25) is 20.0 Å². The summed E-state index contributed by atoms with van der Waals surface area (Å²) in [7, 11) is 0. The van der Waals surface area contributed by atoms with Crippen LogP contribution in [0.2, 0.25) is 0 Å². The molecule has 6 N–H and O–H groups in total. The molecule has 220 valence electrons. The number of aliphatic hydroxyl groups is 3. The van der Waals surface area contributed by atoms with Gasteiger partial charge < -0.3 is 25.4 Å². The zero-order valence-electron chi connectivity index (χ0n) is 22.8. The van der Waals surface area contributed by atoms with Crippen LogP contribution in [0.3, 0.4) is 0 Å². The molecule has 0 spiro atoms. The van der Waals surface area contributed by atoms with Crippen molar-refractivity contribution in [2.24, 2.45) is 11.8 Å². The first-order chi connectivity index (χ1) is 18.8. The summed E-state index contributed by atoms with van der Waals surface area (Å²) < 4.78 is 5.88. The number of rotatable bonds is 19. The predicted octanol–water partition coefficient (Wildman–Crippen LogP) is 3.28. The lowest BCUT2D eigenvalue weighted by molar-refractivity contribution is -0.492. The Kier molecular flexibility index (Phi) is 16.1. The van der Waals surface area contributed by atoms with Crippen molar-refractivity contribution in [2.75, 3.05) is 13.2 Å². The number of hydrogen-bond donors (Lipinski definition) is 6. The summed E-state index contributed by atoms with van der Waals surface area (Å²) >= 11 is 0. The number of amides is 1. The lowest BCUT2D eigenvalue weighted by Gasteiger charge is -2.22. The van der Waals surface area contributed by atoms with E-state index in [1.54, 1.807) is 0 Å². The minimum Gasteiger partial charge on any atom is -0.393 e. The highest BCUT2D eigenvalue weighted by molar-refractivity contribution is 5.75. The van der Waals surface area contributed by atoms with Gasteiger partial charge in [-0.05, 0) is 56.9 Å². The summed E-state index contributed by atoms with van der Waals surface area (Å²) in [5.41, 5.74) is 1.14. The van der Waals surface area contributed by atoms with Crippen LogP contribution in [0.1, 0.15) is 63.9 Å². The number of allylic oxidation sites excluding steroid dienone is 2. The number of nitrogens with one attached hydrogen (secondary N) is 1. The third-order valence-corrected chi connectivity index (χ3v) is 6.88. The van der Waals surface area contributed by atoms with Crippen LogP contribution in [0.5, 0.6) is 0 Å². The topological polar surface area (TPSA) is 152 Å². The van der Waals surface area contributed by atoms with E-state index < -0.39 is 24.6 Å². The number of unbranched alkanes of at least 4 members (excludes halogenated alkanes) is 1. The Bertz CT molecular complexity index is 851. The highest BCUT2D eigenvalue weighted by atomic mass is 17.1. The molecule has 0 saturated heterocycles. The van der Waals surface area contributed by atoms with E-state index in [-0.39, 0.29) is 36.2 Å². The minimum atomic E-state index is -1.08. The van der Waals surface area contributed by atoms with Gasteiger partial charge in [-0.25, -0.2) is 0 Å². The van der Waals surface area contributed by atoms with E-state index in [1.807, 2.05) is 61.6 Å². The highest BCUT2D eigenvalue weighted by Gasteiger charge is 2.39. The summed E-state index contributed by atoms with van der Waals surface area (Å²) in [6, 6.07) is 9.94. The van der Waals surface area contributed by atoms with Gasteiger partial charge in [0.05, 0.1) is 30.3 Å². The van der Waals surface area contributed by atoms with Gasteiger partial charge in [-0.1, -0.05) is 54.6 Å². The van der Waals surface area contributed by atoms with Crippen LogP contribution >= 0.6 is 0 Å². The molecule has 1 unspecified atom stereocenters. The fourth-order valence-electron chi connectivity index (χ4n) is 4.83. The van der Waals surface area contributed by atoms with Crippen molar-refractivity contribution in [3.8, 4) is 0 Å². The largest absolute Gasteiger partial charge is 0.393 e. The molecule has 1 aliphatic carbocycles. The van der Waals surface area contributed by atoms with E-state index >= 15 is 0 Å². The molecule has 0 aliphatic heterocycles. The van der Waals surface area contributed by atoms with Crippen molar-refractivity contribution in [2.45, 2.75) is 89.3 Å². The normalized spacial score (nSPS) is 23.2. The van der Waals surface area contributed by atoms with Crippen molar-refractivity contribution in [1.29, 1.82) is 0 Å². The quantitative estimate of drug-likeness (QED) is 0.0660. The van der Waals surface area contributed by atoms with E-state index in [0.29, 0.717) is 38.6 Å². The number of carbonyl (C=O) groups is 1. The minimum absolute atomic E-state index is 0.00519. The first-order valence-corrected chi connectivity index (χ1v) is 13.9. The Morgan fingerprint density at radius 3 is 2.62 bits per heavy atom. The summed E-state index contributed by atoms with van der Waals surface area (Å²) in [6.07, 6.45) is 9.84. The molecule has 0 bridgehead atoms. The molecule has 1 fully saturated rings. The first-order valence-electron chi connectivity index (χ1n) is 13.9. The number of ether oxygens (including phenoxy) is 1. The maximum atomic E-state index is 11.6. The lowest BCUT2D eigenvalue weighted by Crippen LogP contribution is -2.24. The third-order valence-electron chi connectivity index (χ3n) is 6.88. The second kappa shape index (κ2) is 19.0. The number of aliphatic hydroxyl groups excluding tert-OH is 3. The molecular formula is C29H46N2O8. The van der Waals surface area contributed by atoms with E-state index in [1.165, 1.54) is 0 Å². The van der Waals surface area contributed by atoms with Crippen LogP contribution in [0, 0.1) is 11.8 Å². The predicted molar refractivity (Wildman–Crippen MR) is 145 cm³/mol. The Balaban J connectivity index is 1.95. The zero-order valence-corrected chi connectivity index (χ0v) is 22.8. The molecule has 0 aromatic heterocycles. The van der Waals surface area contributed by atoms with Gasteiger partial charge >= 0.3 is 0 Å². The molecule has 1 aromatic carbocycles. The van der Waals surface area contributed by atoms with Crippen molar-refractivity contribution >= 4 is 5.91 Å². The molecule has 0 heterocycles. The van der Waals surface area contributed by atoms with E-state index in [4.69, 9.17) is 15.2 Å². The van der Waals surface area contributed by atoms with Crippen LogP contribution in [0.15, 0.2) is 54.6 Å². The van der Waals surface area contributed by atoms with Gasteiger partial charge in [-0.2, -0.15) is 0 Å². The maximum Gasteiger partial charge on any atom is 0.219 e. The summed E-state index contributed by atoms with van der Waals surface area (Å²) in [5, 5.41) is 51.3. The summed E-state index contributed by atoms with van der Waals surface area (Å²) in [6.45, 7) is 2.53. The molecule has 2 rings (SSSR count). The van der Waals surface area contributed by atoms with Crippen molar-refractivity contribution in [1.82, 2.24) is 10.7 Å². The SMILES string of the molecule is CCNC(=O)CCC/C=C\C[C@@H]1[C@@H](/C=C/[C@H](CCc2ccccc2)OC(O)CCCON(O)O)[C@H](O)C[C@@H]1O. The molecule has 39 heavy (non-hydrogen) atoms. The summed E-state index contributed by atoms with van der Waals surface area (Å²) in [4.78, 5) is 16.1. The number of nitrogens with zero attached hydrogens (tertiary/aromatic N) is 1. The van der Waals surface area contributed by atoms with Crippen molar-refractivity contribution in [3.63, 3.8) is 0 Å². The maximum absolute atomic E-state index is 11.6. The fraction of sp³-hybridized carbons (Fsp3) is 0.621. The smallest absolute Gasteiger partial charge is 0.219 e. The molecule has 1 saturated carbocycles. The first kappa shape index (κ1) is 33.1. The second-order valence-corrected chi connectivity index (χ2v) is 9.93. The monoisotopic (exact) mass is 550 g/mol. The number of hydrogen-bond acceptors (Lipinski definition) is 9. The van der Waals surface area contributed by atoms with Crippen LogP contribution in [0.25, 0.3) is 0 Å². The summed E-state index contributed by atoms with van der Waals surface area (Å²) in [5.74, 6) is -0.351. The van der Waals surface area contributed by atoms with Gasteiger partial charge in [0, 0.05) is 31.7 Å². The Hall–Kier alpha value is -2.15. The number of aryl methyl sites for hydroxylation is 1. The number of benzene rings is 1. The van der Waals surface area contributed by atoms with Gasteiger partial charge in [0.1, 0.15) is 0 Å². The van der Waals surface area contributed by atoms with E-state index in [2.05, 4.69) is 10.2 Å². The second-order valence-electron chi connectivity index (χ2n) is 9.93. The molecule has 10 nitrogen and oxygen atoms in total. The average molecular weight is 551 g/mol. The molecule has 6 atom stereocenters. The zero-order chi connectivity index (χ0) is 28.5. The molecule has 1 aromatic rings. The Labute approximate surface area is 231 Å². The average Bonchev–Trinajstić information content (AvgIpc) is 3.17. The van der Waals surface area contributed by atoms with Gasteiger partial charge in [0.25, 0.3) is 0 Å². The Morgan fingerprint density at radius 2 is 1.90 bits per heavy atom.